The molecule has 0 N–H and O–H groups in total. The summed E-state index contributed by atoms with van der Waals surface area (Å²) in [4.78, 5) is 37.5. The van der Waals surface area contributed by atoms with Crippen LogP contribution in [0.3, 0.4) is 0 Å². The molecule has 0 aliphatic heterocycles. The Labute approximate surface area is 384 Å². The Bertz CT molecular complexity index is 1020. The second-order valence-corrected chi connectivity index (χ2v) is 21.0. The fourth-order valence-corrected chi connectivity index (χ4v) is 8.68. The van der Waals surface area contributed by atoms with E-state index in [-0.39, 0.29) is 32.0 Å². The van der Waals surface area contributed by atoms with Gasteiger partial charge in [0, 0.05) is 12.8 Å². The van der Waals surface area contributed by atoms with Gasteiger partial charge in [-0.2, -0.15) is 0 Å². The smallest absolute Gasteiger partial charge is 0.306 e. The number of quaternary nitrogens is 1. The van der Waals surface area contributed by atoms with Gasteiger partial charge in [0.25, 0.3) is 7.82 Å². The van der Waals surface area contributed by atoms with Crippen LogP contribution in [0.4, 0.5) is 0 Å². The summed E-state index contributed by atoms with van der Waals surface area (Å²) in [6.07, 6.45) is 48.9. The maximum absolute atomic E-state index is 12.7. The molecule has 10 heteroatoms. The molecule has 0 aromatic heterocycles. The molecule has 370 valence electrons. The molecule has 0 fully saturated rings. The van der Waals surface area contributed by atoms with Gasteiger partial charge in [0.05, 0.1) is 27.7 Å². The van der Waals surface area contributed by atoms with Crippen LogP contribution in [0.2, 0.25) is 0 Å². The number of esters is 2. The molecular formula is C52H104NO8P. The maximum atomic E-state index is 12.7. The van der Waals surface area contributed by atoms with Crippen LogP contribution in [0.25, 0.3) is 0 Å². The van der Waals surface area contributed by atoms with Gasteiger partial charge in [-0.1, -0.05) is 245 Å². The third kappa shape index (κ3) is 48.5. The van der Waals surface area contributed by atoms with E-state index in [0.717, 1.165) is 32.1 Å². The number of nitrogens with zero attached hydrogens (tertiary/aromatic N) is 1. The number of unbranched alkanes of at least 4 members (excludes halogenated alkanes) is 36. The van der Waals surface area contributed by atoms with Gasteiger partial charge in [0.2, 0.25) is 0 Å². The second-order valence-electron chi connectivity index (χ2n) is 19.6. The van der Waals surface area contributed by atoms with E-state index in [1.165, 1.54) is 205 Å². The minimum Gasteiger partial charge on any atom is -0.756 e. The summed E-state index contributed by atoms with van der Waals surface area (Å²) >= 11 is 0. The molecule has 0 heterocycles. The fraction of sp³-hybridized carbons (Fsp3) is 0.962. The summed E-state index contributed by atoms with van der Waals surface area (Å²) in [5.41, 5.74) is 0. The third-order valence-corrected chi connectivity index (χ3v) is 13.1. The fourth-order valence-electron chi connectivity index (χ4n) is 7.95. The van der Waals surface area contributed by atoms with Crippen molar-refractivity contribution in [3.8, 4) is 0 Å². The zero-order chi connectivity index (χ0) is 45.7. The van der Waals surface area contributed by atoms with Gasteiger partial charge >= 0.3 is 11.9 Å². The van der Waals surface area contributed by atoms with Crippen LogP contribution in [-0.2, 0) is 32.7 Å². The Morgan fingerprint density at radius 3 is 1.03 bits per heavy atom. The minimum atomic E-state index is -4.62. The summed E-state index contributed by atoms with van der Waals surface area (Å²) in [6, 6.07) is 0. The Hall–Kier alpha value is -0.990. The molecule has 0 aliphatic rings. The molecule has 0 bridgehead atoms. The number of likely N-dealkylation sites (N-methyl/N-ethyl adjacent to an activating group) is 1. The van der Waals surface area contributed by atoms with E-state index in [1.54, 1.807) is 0 Å². The van der Waals surface area contributed by atoms with Crippen molar-refractivity contribution >= 4 is 19.8 Å². The highest BCUT2D eigenvalue weighted by Gasteiger charge is 2.21. The number of ether oxygens (including phenoxy) is 2. The quantitative estimate of drug-likeness (QED) is 0.0257. The second kappa shape index (κ2) is 45.2. The predicted molar refractivity (Wildman–Crippen MR) is 259 cm³/mol. The monoisotopic (exact) mass is 902 g/mol. The molecule has 0 saturated carbocycles. The summed E-state index contributed by atoms with van der Waals surface area (Å²) in [7, 11) is 1.18. The predicted octanol–water partition coefficient (Wildman–Crippen LogP) is 15.3. The number of carbonyl (C=O) groups is 2. The molecule has 0 aromatic carbocycles. The number of phosphoric acid groups is 1. The van der Waals surface area contributed by atoms with Crippen molar-refractivity contribution in [1.82, 2.24) is 0 Å². The van der Waals surface area contributed by atoms with E-state index >= 15 is 0 Å². The summed E-state index contributed by atoms with van der Waals surface area (Å²) in [6.45, 7) is 4.26. The molecule has 0 saturated heterocycles. The summed E-state index contributed by atoms with van der Waals surface area (Å²) in [5, 5.41) is 0. The van der Waals surface area contributed by atoms with E-state index in [2.05, 4.69) is 13.8 Å². The first kappa shape index (κ1) is 61.0. The van der Waals surface area contributed by atoms with E-state index in [9.17, 15) is 19.0 Å². The zero-order valence-electron chi connectivity index (χ0n) is 41.9. The van der Waals surface area contributed by atoms with E-state index in [4.69, 9.17) is 18.5 Å². The molecule has 0 aromatic rings. The SMILES string of the molecule is CCCCCCCCCCCCCCCCCCCCCCCCCCCCCCCC(=O)OC(COC(=O)CCCCCCCCCCC)COP(=O)([O-])OCC[N+](C)(C)C. The lowest BCUT2D eigenvalue weighted by Gasteiger charge is -2.28. The minimum absolute atomic E-state index is 0.0257. The Morgan fingerprint density at radius 2 is 0.726 bits per heavy atom. The number of hydrogen-bond donors (Lipinski definition) is 0. The van der Waals surface area contributed by atoms with Gasteiger partial charge in [-0.25, -0.2) is 0 Å². The van der Waals surface area contributed by atoms with Crippen LogP contribution in [0.1, 0.15) is 271 Å². The highest BCUT2D eigenvalue weighted by molar-refractivity contribution is 7.45. The number of hydrogen-bond acceptors (Lipinski definition) is 8. The van der Waals surface area contributed by atoms with Gasteiger partial charge in [0.1, 0.15) is 19.8 Å². The lowest BCUT2D eigenvalue weighted by atomic mass is 10.0. The maximum Gasteiger partial charge on any atom is 0.306 e. The normalized spacial score (nSPS) is 13.3. The van der Waals surface area contributed by atoms with Crippen molar-refractivity contribution in [1.29, 1.82) is 0 Å². The van der Waals surface area contributed by atoms with Crippen LogP contribution < -0.4 is 4.89 Å². The van der Waals surface area contributed by atoms with Gasteiger partial charge in [0.15, 0.2) is 6.10 Å². The molecule has 62 heavy (non-hydrogen) atoms. The van der Waals surface area contributed by atoms with E-state index < -0.39 is 26.5 Å². The molecule has 2 atom stereocenters. The van der Waals surface area contributed by atoms with Crippen molar-refractivity contribution in [3.05, 3.63) is 0 Å². The first-order valence-electron chi connectivity index (χ1n) is 26.7. The molecular weight excluding hydrogens is 798 g/mol. The Morgan fingerprint density at radius 1 is 0.435 bits per heavy atom. The van der Waals surface area contributed by atoms with Crippen molar-refractivity contribution in [3.63, 3.8) is 0 Å². The third-order valence-electron chi connectivity index (χ3n) is 12.1. The molecule has 0 spiro atoms. The lowest BCUT2D eigenvalue weighted by molar-refractivity contribution is -0.870. The molecule has 0 radical (unpaired) electrons. The van der Waals surface area contributed by atoms with Crippen LogP contribution in [-0.4, -0.2) is 70.0 Å². The zero-order valence-corrected chi connectivity index (χ0v) is 42.7. The van der Waals surface area contributed by atoms with Crippen LogP contribution in [0, 0.1) is 0 Å². The highest BCUT2D eigenvalue weighted by atomic mass is 31.2. The molecule has 0 rings (SSSR count). The van der Waals surface area contributed by atoms with Crippen molar-refractivity contribution in [2.75, 3.05) is 47.5 Å². The first-order valence-corrected chi connectivity index (χ1v) is 28.2. The average Bonchev–Trinajstić information content (AvgIpc) is 3.23. The number of phosphoric ester groups is 1. The van der Waals surface area contributed by atoms with E-state index in [1.807, 2.05) is 21.1 Å². The standard InChI is InChI=1S/C52H104NO8P/c1-6-8-10-12-14-16-17-18-19-20-21-22-23-24-25-26-27-28-29-30-31-32-33-34-35-37-39-41-43-45-52(55)61-50(49-60-62(56,57)59-47-46-53(3,4)5)48-58-51(54)44-42-40-38-36-15-13-11-9-7-2/h50H,6-49H2,1-5H3. The Kier molecular flexibility index (Phi) is 44.5. The average molecular weight is 902 g/mol. The lowest BCUT2D eigenvalue weighted by Crippen LogP contribution is -2.37. The largest absolute Gasteiger partial charge is 0.756 e. The molecule has 9 nitrogen and oxygen atoms in total. The summed E-state index contributed by atoms with van der Waals surface area (Å²) < 4.78 is 34.0. The number of carbonyl (C=O) groups excluding carboxylic acids is 2. The van der Waals surface area contributed by atoms with Crippen molar-refractivity contribution in [2.45, 2.75) is 277 Å². The van der Waals surface area contributed by atoms with Crippen LogP contribution >= 0.6 is 7.82 Å². The van der Waals surface area contributed by atoms with Gasteiger partial charge < -0.3 is 27.9 Å². The van der Waals surface area contributed by atoms with Crippen molar-refractivity contribution < 1.29 is 42.1 Å². The first-order chi connectivity index (χ1) is 30.0. The van der Waals surface area contributed by atoms with Gasteiger partial charge in [-0.05, 0) is 12.8 Å². The topological polar surface area (TPSA) is 111 Å². The Balaban J connectivity index is 3.96. The molecule has 2 unspecified atom stereocenters. The highest BCUT2D eigenvalue weighted by Crippen LogP contribution is 2.38. The van der Waals surface area contributed by atoms with Crippen LogP contribution in [0.15, 0.2) is 0 Å². The molecule has 0 aliphatic carbocycles. The number of rotatable bonds is 50. The van der Waals surface area contributed by atoms with Gasteiger partial charge in [-0.15, -0.1) is 0 Å². The van der Waals surface area contributed by atoms with Crippen molar-refractivity contribution in [2.24, 2.45) is 0 Å². The molecule has 0 amide bonds. The summed E-state index contributed by atoms with van der Waals surface area (Å²) in [5.74, 6) is -0.820. The van der Waals surface area contributed by atoms with Crippen LogP contribution in [0.5, 0.6) is 0 Å². The van der Waals surface area contributed by atoms with Gasteiger partial charge in [-0.3, -0.25) is 14.2 Å². The van der Waals surface area contributed by atoms with E-state index in [0.29, 0.717) is 17.4 Å².